The van der Waals surface area contributed by atoms with E-state index >= 15 is 0 Å². The molecule has 12 aromatic rings. The predicted octanol–water partition coefficient (Wildman–Crippen LogP) is 16.2. The van der Waals surface area contributed by atoms with Gasteiger partial charge in [0.2, 0.25) is 0 Å². The van der Waals surface area contributed by atoms with Crippen molar-refractivity contribution in [3.8, 4) is 22.3 Å². The number of furan rings is 1. The van der Waals surface area contributed by atoms with Crippen LogP contribution < -0.4 is 4.90 Å². The summed E-state index contributed by atoms with van der Waals surface area (Å²) in [4.78, 5) is 2.39. The molecule has 1 aliphatic carbocycles. The first-order valence-electron chi connectivity index (χ1n) is 22.4. The van der Waals surface area contributed by atoms with E-state index in [4.69, 9.17) is 4.42 Å². The first kappa shape index (κ1) is 37.2. The highest BCUT2D eigenvalue weighted by molar-refractivity contribution is 6.10. The lowest BCUT2D eigenvalue weighted by atomic mass is 9.67. The molecule has 10 aromatic carbocycles. The number of nitrogens with zero attached hydrogens (tertiary/aromatic N) is 2. The summed E-state index contributed by atoms with van der Waals surface area (Å²) >= 11 is 0. The highest BCUT2D eigenvalue weighted by Gasteiger charge is 2.46. The van der Waals surface area contributed by atoms with Crippen molar-refractivity contribution >= 4 is 60.8 Å². The number of para-hydroxylation sites is 2. The van der Waals surface area contributed by atoms with Gasteiger partial charge in [-0.15, -0.1) is 0 Å². The number of anilines is 3. The van der Waals surface area contributed by atoms with Crippen LogP contribution in [0.3, 0.4) is 0 Å². The minimum absolute atomic E-state index is 0.522. The van der Waals surface area contributed by atoms with Crippen LogP contribution in [-0.4, -0.2) is 4.57 Å². The molecule has 3 heteroatoms. The lowest BCUT2D eigenvalue weighted by Gasteiger charge is -2.35. The summed E-state index contributed by atoms with van der Waals surface area (Å²) < 4.78 is 8.98. The molecule has 0 spiro atoms. The standard InChI is InChI=1S/C62H42N2O/c1-4-16-42(17-5-1)41-63-58-26-14-11-23-52(58)55-38-44(30-37-59(55)63)43-28-31-47(32-29-43)64(49-34-36-54-53-24-12-15-27-60(53)65-61(54)40-49)48-33-35-51-50-22-10-13-25-56(50)62(57(51)39-48,45-18-6-2-7-19-45)46-20-8-3-9-21-46/h1-40H,41H2. The summed E-state index contributed by atoms with van der Waals surface area (Å²) in [6.45, 7) is 0.821. The third-order valence-electron chi connectivity index (χ3n) is 13.7. The third kappa shape index (κ3) is 5.82. The van der Waals surface area contributed by atoms with Gasteiger partial charge >= 0.3 is 0 Å². The summed E-state index contributed by atoms with van der Waals surface area (Å²) in [6, 6.07) is 88.6. The summed E-state index contributed by atoms with van der Waals surface area (Å²) in [5.41, 5.74) is 18.1. The van der Waals surface area contributed by atoms with Crippen molar-refractivity contribution in [3.63, 3.8) is 0 Å². The number of benzene rings is 10. The van der Waals surface area contributed by atoms with Crippen LogP contribution in [0, 0.1) is 0 Å². The van der Waals surface area contributed by atoms with E-state index in [1.165, 1.54) is 71.9 Å². The molecular formula is C62H42N2O. The lowest BCUT2D eigenvalue weighted by molar-refractivity contribution is 0.669. The second kappa shape index (κ2) is 14.9. The van der Waals surface area contributed by atoms with Gasteiger partial charge in [0.05, 0.1) is 5.41 Å². The molecule has 13 rings (SSSR count). The Balaban J connectivity index is 0.976. The van der Waals surface area contributed by atoms with E-state index in [0.29, 0.717) is 0 Å². The Labute approximate surface area is 377 Å². The SMILES string of the molecule is c1ccc(Cn2c3ccccc3c3cc(-c4ccc(N(c5ccc6c(c5)C(c5ccccc5)(c5ccccc5)c5ccccc5-6)c5ccc6c(c5)oc5ccccc56)cc4)ccc32)cc1. The average molecular weight is 831 g/mol. The van der Waals surface area contributed by atoms with Gasteiger partial charge in [0.25, 0.3) is 0 Å². The van der Waals surface area contributed by atoms with E-state index in [0.717, 1.165) is 45.5 Å². The smallest absolute Gasteiger partial charge is 0.137 e. The van der Waals surface area contributed by atoms with E-state index in [-0.39, 0.29) is 0 Å². The van der Waals surface area contributed by atoms with Crippen molar-refractivity contribution in [1.82, 2.24) is 4.57 Å². The molecule has 0 saturated heterocycles. The zero-order valence-electron chi connectivity index (χ0n) is 35.6. The van der Waals surface area contributed by atoms with Gasteiger partial charge < -0.3 is 13.9 Å². The van der Waals surface area contributed by atoms with Crippen LogP contribution in [-0.2, 0) is 12.0 Å². The lowest BCUT2D eigenvalue weighted by Crippen LogP contribution is -2.28. The molecule has 3 nitrogen and oxygen atoms in total. The monoisotopic (exact) mass is 830 g/mol. The summed E-state index contributed by atoms with van der Waals surface area (Å²) in [5, 5.41) is 4.76. The molecule has 0 saturated carbocycles. The molecule has 0 atom stereocenters. The summed E-state index contributed by atoms with van der Waals surface area (Å²) in [6.07, 6.45) is 0. The van der Waals surface area contributed by atoms with Crippen LogP contribution >= 0.6 is 0 Å². The first-order chi connectivity index (χ1) is 32.2. The highest BCUT2D eigenvalue weighted by atomic mass is 16.3. The maximum atomic E-state index is 6.53. The molecule has 0 bridgehead atoms. The topological polar surface area (TPSA) is 21.3 Å². The van der Waals surface area contributed by atoms with Gasteiger partial charge in [-0.25, -0.2) is 0 Å². The summed E-state index contributed by atoms with van der Waals surface area (Å²) in [7, 11) is 0. The maximum absolute atomic E-state index is 6.53. The molecule has 306 valence electrons. The second-order valence-corrected chi connectivity index (χ2v) is 17.2. The molecular weight excluding hydrogens is 789 g/mol. The van der Waals surface area contributed by atoms with Gasteiger partial charge in [-0.3, -0.25) is 0 Å². The fourth-order valence-corrected chi connectivity index (χ4v) is 10.8. The highest BCUT2D eigenvalue weighted by Crippen LogP contribution is 2.57. The number of aromatic nitrogens is 1. The van der Waals surface area contributed by atoms with Gasteiger partial charge in [-0.1, -0.05) is 176 Å². The number of fused-ring (bicyclic) bond motifs is 9. The van der Waals surface area contributed by atoms with Crippen LogP contribution in [0.15, 0.2) is 247 Å². The van der Waals surface area contributed by atoms with Gasteiger partial charge in [0.15, 0.2) is 0 Å². The van der Waals surface area contributed by atoms with E-state index in [9.17, 15) is 0 Å². The molecule has 0 aliphatic heterocycles. The molecule has 0 radical (unpaired) electrons. The minimum atomic E-state index is -0.522. The summed E-state index contributed by atoms with van der Waals surface area (Å²) in [5.74, 6) is 0. The Morgan fingerprint density at radius 3 is 1.72 bits per heavy atom. The average Bonchev–Trinajstić information content (AvgIpc) is 4.01. The molecule has 65 heavy (non-hydrogen) atoms. The molecule has 0 unspecified atom stereocenters. The predicted molar refractivity (Wildman–Crippen MR) is 270 cm³/mol. The van der Waals surface area contributed by atoms with Gasteiger partial charge in [0, 0.05) is 62.3 Å². The maximum Gasteiger partial charge on any atom is 0.137 e. The quantitative estimate of drug-likeness (QED) is 0.152. The second-order valence-electron chi connectivity index (χ2n) is 17.2. The van der Waals surface area contributed by atoms with E-state index in [1.807, 2.05) is 6.07 Å². The van der Waals surface area contributed by atoms with Gasteiger partial charge in [0.1, 0.15) is 11.2 Å². The largest absolute Gasteiger partial charge is 0.456 e. The number of hydrogen-bond donors (Lipinski definition) is 0. The fraction of sp³-hybridized carbons (Fsp3) is 0.0323. The number of hydrogen-bond acceptors (Lipinski definition) is 2. The Bertz CT molecular complexity index is 3690. The molecule has 2 aromatic heterocycles. The molecule has 0 amide bonds. The van der Waals surface area contributed by atoms with Crippen molar-refractivity contribution < 1.29 is 4.42 Å². The Kier molecular flexibility index (Phi) is 8.50. The van der Waals surface area contributed by atoms with Crippen LogP contribution in [0.1, 0.15) is 27.8 Å². The van der Waals surface area contributed by atoms with Crippen LogP contribution in [0.25, 0.3) is 66.0 Å². The normalized spacial score (nSPS) is 12.8. The minimum Gasteiger partial charge on any atom is -0.456 e. The van der Waals surface area contributed by atoms with E-state index in [1.54, 1.807) is 0 Å². The Morgan fingerprint density at radius 1 is 0.369 bits per heavy atom. The van der Waals surface area contributed by atoms with Crippen LogP contribution in [0.4, 0.5) is 17.1 Å². The first-order valence-corrected chi connectivity index (χ1v) is 22.4. The van der Waals surface area contributed by atoms with E-state index < -0.39 is 5.41 Å². The van der Waals surface area contributed by atoms with Crippen molar-refractivity contribution in [2.24, 2.45) is 0 Å². The Morgan fingerprint density at radius 2 is 0.938 bits per heavy atom. The van der Waals surface area contributed by atoms with Crippen LogP contribution in [0.5, 0.6) is 0 Å². The van der Waals surface area contributed by atoms with Crippen LogP contribution in [0.2, 0.25) is 0 Å². The molecule has 0 N–H and O–H groups in total. The zero-order chi connectivity index (χ0) is 42.9. The van der Waals surface area contributed by atoms with E-state index in [2.05, 4.69) is 246 Å². The molecule has 2 heterocycles. The van der Waals surface area contributed by atoms with Gasteiger partial charge in [-0.05, 0) is 111 Å². The molecule has 0 fully saturated rings. The number of rotatable bonds is 8. The van der Waals surface area contributed by atoms with Crippen molar-refractivity contribution in [2.75, 3.05) is 4.90 Å². The van der Waals surface area contributed by atoms with Crippen molar-refractivity contribution in [1.29, 1.82) is 0 Å². The van der Waals surface area contributed by atoms with Crippen molar-refractivity contribution in [2.45, 2.75) is 12.0 Å². The van der Waals surface area contributed by atoms with Gasteiger partial charge in [-0.2, -0.15) is 0 Å². The molecule has 1 aliphatic rings. The fourth-order valence-electron chi connectivity index (χ4n) is 10.8. The van der Waals surface area contributed by atoms with Crippen molar-refractivity contribution in [3.05, 3.63) is 270 Å². The Hall–Kier alpha value is -8.40. The third-order valence-corrected chi connectivity index (χ3v) is 13.7. The zero-order valence-corrected chi connectivity index (χ0v) is 35.6.